The van der Waals surface area contributed by atoms with E-state index in [2.05, 4.69) is 40.1 Å². The number of anilines is 2. The lowest BCUT2D eigenvalue weighted by Crippen LogP contribution is -2.37. The van der Waals surface area contributed by atoms with Crippen molar-refractivity contribution in [2.24, 2.45) is 0 Å². The normalized spacial score (nSPS) is 18.4. The van der Waals surface area contributed by atoms with Crippen molar-refractivity contribution in [3.05, 3.63) is 36.4 Å². The summed E-state index contributed by atoms with van der Waals surface area (Å²) >= 11 is 0. The summed E-state index contributed by atoms with van der Waals surface area (Å²) in [5.41, 5.74) is 2.15. The van der Waals surface area contributed by atoms with Crippen LogP contribution in [0.1, 0.15) is 12.8 Å². The minimum Gasteiger partial charge on any atom is -0.378 e. The monoisotopic (exact) mass is 310 g/mol. The van der Waals surface area contributed by atoms with Crippen LogP contribution in [-0.4, -0.2) is 49.4 Å². The molecule has 0 unspecified atom stereocenters. The van der Waals surface area contributed by atoms with Gasteiger partial charge in [0.15, 0.2) is 0 Å². The Hall–Kier alpha value is -2.14. The van der Waals surface area contributed by atoms with E-state index >= 15 is 0 Å². The summed E-state index contributed by atoms with van der Waals surface area (Å²) in [7, 11) is 0. The second-order valence-corrected chi connectivity index (χ2v) is 6.07. The Labute approximate surface area is 136 Å². The summed E-state index contributed by atoms with van der Waals surface area (Å²) in [6, 6.07) is 12.5. The van der Waals surface area contributed by atoms with Crippen molar-refractivity contribution in [3.8, 4) is 11.3 Å². The van der Waals surface area contributed by atoms with E-state index in [9.17, 15) is 0 Å². The van der Waals surface area contributed by atoms with E-state index < -0.39 is 0 Å². The number of hydrogen-bond donors (Lipinski definition) is 0. The molecular formula is C18H22N4O. The first-order valence-corrected chi connectivity index (χ1v) is 8.42. The zero-order valence-corrected chi connectivity index (χ0v) is 13.3. The summed E-state index contributed by atoms with van der Waals surface area (Å²) in [5, 5.41) is 0. The van der Waals surface area contributed by atoms with Crippen molar-refractivity contribution in [3.63, 3.8) is 0 Å². The van der Waals surface area contributed by atoms with Crippen molar-refractivity contribution < 1.29 is 4.74 Å². The van der Waals surface area contributed by atoms with Crippen molar-refractivity contribution in [1.82, 2.24) is 9.97 Å². The third kappa shape index (κ3) is 3.15. The highest BCUT2D eigenvalue weighted by molar-refractivity contribution is 5.65. The molecule has 1 aromatic carbocycles. The number of aromatic nitrogens is 2. The Morgan fingerprint density at radius 3 is 2.30 bits per heavy atom. The number of benzene rings is 1. The lowest BCUT2D eigenvalue weighted by Gasteiger charge is -2.28. The minimum absolute atomic E-state index is 0.748. The topological polar surface area (TPSA) is 41.5 Å². The number of hydrogen-bond acceptors (Lipinski definition) is 5. The zero-order chi connectivity index (χ0) is 15.5. The standard InChI is InChI=1S/C18H22N4O/c1-2-6-15(7-3-1)16-14-17(21-8-4-5-9-21)20-18(19-16)22-10-12-23-13-11-22/h1-3,6-7,14H,4-5,8-13H2. The minimum atomic E-state index is 0.748. The van der Waals surface area contributed by atoms with Gasteiger partial charge in [-0.2, -0.15) is 4.98 Å². The molecule has 0 radical (unpaired) electrons. The van der Waals surface area contributed by atoms with Gasteiger partial charge in [-0.15, -0.1) is 0 Å². The van der Waals surface area contributed by atoms with Gasteiger partial charge in [0, 0.05) is 37.8 Å². The Morgan fingerprint density at radius 1 is 0.826 bits per heavy atom. The van der Waals surface area contributed by atoms with Gasteiger partial charge >= 0.3 is 0 Å². The van der Waals surface area contributed by atoms with Crippen LogP contribution in [-0.2, 0) is 4.74 Å². The van der Waals surface area contributed by atoms with Crippen LogP contribution in [0.5, 0.6) is 0 Å². The third-order valence-electron chi connectivity index (χ3n) is 4.49. The molecule has 0 N–H and O–H groups in total. The molecule has 0 spiro atoms. The first-order chi connectivity index (χ1) is 11.4. The molecular weight excluding hydrogens is 288 g/mol. The quantitative estimate of drug-likeness (QED) is 0.871. The Kier molecular flexibility index (Phi) is 4.11. The van der Waals surface area contributed by atoms with E-state index in [0.29, 0.717) is 0 Å². The van der Waals surface area contributed by atoms with Gasteiger partial charge in [-0.05, 0) is 12.8 Å². The van der Waals surface area contributed by atoms with Crippen LogP contribution < -0.4 is 9.80 Å². The van der Waals surface area contributed by atoms with E-state index in [-0.39, 0.29) is 0 Å². The van der Waals surface area contributed by atoms with Crippen LogP contribution in [0.25, 0.3) is 11.3 Å². The van der Waals surface area contributed by atoms with Gasteiger partial charge in [0.05, 0.1) is 18.9 Å². The van der Waals surface area contributed by atoms with E-state index in [1.165, 1.54) is 12.8 Å². The number of rotatable bonds is 3. The molecule has 23 heavy (non-hydrogen) atoms. The van der Waals surface area contributed by atoms with Crippen LogP contribution >= 0.6 is 0 Å². The summed E-state index contributed by atoms with van der Waals surface area (Å²) in [6.07, 6.45) is 2.50. The van der Waals surface area contributed by atoms with Gasteiger partial charge in [-0.3, -0.25) is 0 Å². The van der Waals surface area contributed by atoms with E-state index in [1.54, 1.807) is 0 Å². The predicted octanol–water partition coefficient (Wildman–Crippen LogP) is 2.58. The second kappa shape index (κ2) is 6.54. The smallest absolute Gasteiger partial charge is 0.228 e. The van der Waals surface area contributed by atoms with Crippen LogP contribution in [0.15, 0.2) is 36.4 Å². The molecule has 0 amide bonds. The highest BCUT2D eigenvalue weighted by Crippen LogP contribution is 2.27. The number of ether oxygens (including phenoxy) is 1. The summed E-state index contributed by atoms with van der Waals surface area (Å²) < 4.78 is 5.46. The highest BCUT2D eigenvalue weighted by atomic mass is 16.5. The van der Waals surface area contributed by atoms with Gasteiger partial charge in [-0.25, -0.2) is 4.98 Å². The summed E-state index contributed by atoms with van der Waals surface area (Å²) in [4.78, 5) is 14.3. The Bertz CT molecular complexity index is 649. The van der Waals surface area contributed by atoms with Crippen LogP contribution in [0.2, 0.25) is 0 Å². The lowest BCUT2D eigenvalue weighted by molar-refractivity contribution is 0.122. The van der Waals surface area contributed by atoms with Gasteiger partial charge in [0.2, 0.25) is 5.95 Å². The Balaban J connectivity index is 1.73. The van der Waals surface area contributed by atoms with Crippen molar-refractivity contribution >= 4 is 11.8 Å². The highest BCUT2D eigenvalue weighted by Gasteiger charge is 2.20. The van der Waals surface area contributed by atoms with Gasteiger partial charge in [0.25, 0.3) is 0 Å². The fourth-order valence-corrected chi connectivity index (χ4v) is 3.19. The molecule has 2 aliphatic rings. The maximum Gasteiger partial charge on any atom is 0.228 e. The third-order valence-corrected chi connectivity index (χ3v) is 4.49. The SMILES string of the molecule is c1ccc(-c2cc(N3CCCC3)nc(N3CCOCC3)n2)cc1. The van der Waals surface area contributed by atoms with Crippen molar-refractivity contribution in [2.75, 3.05) is 49.2 Å². The van der Waals surface area contributed by atoms with E-state index in [0.717, 1.165) is 62.4 Å². The lowest BCUT2D eigenvalue weighted by atomic mass is 10.1. The summed E-state index contributed by atoms with van der Waals surface area (Å²) in [5.74, 6) is 1.88. The predicted molar refractivity (Wildman–Crippen MR) is 91.9 cm³/mol. The first kappa shape index (κ1) is 14.5. The molecule has 5 heteroatoms. The van der Waals surface area contributed by atoms with Gasteiger partial charge in [-0.1, -0.05) is 30.3 Å². The van der Waals surface area contributed by atoms with E-state index in [4.69, 9.17) is 14.7 Å². The molecule has 120 valence electrons. The molecule has 0 aliphatic carbocycles. The molecule has 2 fully saturated rings. The van der Waals surface area contributed by atoms with Crippen LogP contribution in [0.3, 0.4) is 0 Å². The molecule has 0 atom stereocenters. The molecule has 0 saturated carbocycles. The molecule has 0 bridgehead atoms. The van der Waals surface area contributed by atoms with Crippen LogP contribution in [0.4, 0.5) is 11.8 Å². The maximum absolute atomic E-state index is 5.46. The molecule has 2 saturated heterocycles. The molecule has 2 aromatic rings. The summed E-state index contributed by atoms with van der Waals surface area (Å²) in [6.45, 7) is 5.40. The van der Waals surface area contributed by atoms with Crippen molar-refractivity contribution in [1.29, 1.82) is 0 Å². The second-order valence-electron chi connectivity index (χ2n) is 6.07. The fourth-order valence-electron chi connectivity index (χ4n) is 3.19. The number of nitrogens with zero attached hydrogens (tertiary/aromatic N) is 4. The number of morpholine rings is 1. The average Bonchev–Trinajstić information content (AvgIpc) is 3.18. The Morgan fingerprint density at radius 2 is 1.57 bits per heavy atom. The van der Waals surface area contributed by atoms with Gasteiger partial charge in [0.1, 0.15) is 5.82 Å². The molecule has 1 aromatic heterocycles. The maximum atomic E-state index is 5.46. The molecule has 3 heterocycles. The first-order valence-electron chi connectivity index (χ1n) is 8.42. The van der Waals surface area contributed by atoms with Crippen LogP contribution in [0, 0.1) is 0 Å². The van der Waals surface area contributed by atoms with Crippen molar-refractivity contribution in [2.45, 2.75) is 12.8 Å². The molecule has 4 rings (SSSR count). The van der Waals surface area contributed by atoms with E-state index in [1.807, 2.05) is 6.07 Å². The van der Waals surface area contributed by atoms with Gasteiger partial charge < -0.3 is 14.5 Å². The molecule has 5 nitrogen and oxygen atoms in total. The largest absolute Gasteiger partial charge is 0.378 e. The zero-order valence-electron chi connectivity index (χ0n) is 13.3. The fraction of sp³-hybridized carbons (Fsp3) is 0.444. The average molecular weight is 310 g/mol. The molecule has 2 aliphatic heterocycles.